The van der Waals surface area contributed by atoms with Crippen molar-refractivity contribution in [1.82, 2.24) is 35.9 Å². The highest BCUT2D eigenvalue weighted by Crippen LogP contribution is 2.21. The fourth-order valence-electron chi connectivity index (χ4n) is 5.71. The molecule has 246 valence electrons. The average Bonchev–Trinajstić information content (AvgIpc) is 3.80. The number of para-hydroxylation sites is 2. The first-order valence-electron chi connectivity index (χ1n) is 15.6. The molecule has 0 fully saturated rings. The summed E-state index contributed by atoms with van der Waals surface area (Å²) in [6, 6.07) is 10.6. The van der Waals surface area contributed by atoms with Gasteiger partial charge in [-0.05, 0) is 35.6 Å². The summed E-state index contributed by atoms with van der Waals surface area (Å²) in [6.45, 7) is 3.89. The van der Waals surface area contributed by atoms with Crippen molar-refractivity contribution in [3.8, 4) is 0 Å². The van der Waals surface area contributed by atoms with Crippen LogP contribution < -0.4 is 21.7 Å². The molecule has 3 aromatic heterocycles. The summed E-state index contributed by atoms with van der Waals surface area (Å²) in [7, 11) is 0. The third-order valence-electron chi connectivity index (χ3n) is 8.12. The van der Waals surface area contributed by atoms with E-state index in [0.29, 0.717) is 12.1 Å². The van der Waals surface area contributed by atoms with Gasteiger partial charge in [-0.15, -0.1) is 0 Å². The van der Waals surface area contributed by atoms with Gasteiger partial charge >= 0.3 is 5.97 Å². The van der Waals surface area contributed by atoms with E-state index in [4.69, 9.17) is 5.73 Å². The Hall–Kier alpha value is -5.43. The molecule has 0 aliphatic carbocycles. The van der Waals surface area contributed by atoms with Gasteiger partial charge in [-0.1, -0.05) is 50.2 Å². The van der Waals surface area contributed by atoms with Crippen LogP contribution in [-0.4, -0.2) is 72.9 Å². The molecule has 13 nitrogen and oxygen atoms in total. The van der Waals surface area contributed by atoms with Crippen LogP contribution in [0.25, 0.3) is 21.8 Å². The third-order valence-corrected chi connectivity index (χ3v) is 8.12. The number of nitrogens with two attached hydrogens (primary N) is 1. The Kier molecular flexibility index (Phi) is 10.4. The molecule has 0 spiro atoms. The molecule has 0 saturated carbocycles. The molecule has 47 heavy (non-hydrogen) atoms. The van der Waals surface area contributed by atoms with Crippen LogP contribution >= 0.6 is 0 Å². The second-order valence-corrected chi connectivity index (χ2v) is 12.2. The zero-order valence-corrected chi connectivity index (χ0v) is 26.2. The van der Waals surface area contributed by atoms with E-state index in [1.54, 1.807) is 18.6 Å². The normalized spacial score (nSPS) is 14.0. The van der Waals surface area contributed by atoms with Gasteiger partial charge in [-0.3, -0.25) is 14.4 Å². The van der Waals surface area contributed by atoms with Crippen molar-refractivity contribution >= 4 is 45.5 Å². The first kappa shape index (κ1) is 32.9. The minimum Gasteiger partial charge on any atom is -0.480 e. The fraction of sp³-hybridized carbons (Fsp3) is 0.324. The Morgan fingerprint density at radius 2 is 1.26 bits per heavy atom. The molecule has 0 bridgehead atoms. The van der Waals surface area contributed by atoms with E-state index < -0.39 is 47.9 Å². The highest BCUT2D eigenvalue weighted by atomic mass is 16.4. The number of hydrogen-bond acceptors (Lipinski definition) is 6. The maximum atomic E-state index is 13.9. The summed E-state index contributed by atoms with van der Waals surface area (Å²) in [5.41, 5.74) is 9.87. The number of fused-ring (bicyclic) bond motifs is 2. The number of carboxylic acid groups (broad SMARTS) is 1. The number of carboxylic acids is 1. The average molecular weight is 641 g/mol. The molecule has 9 N–H and O–H groups in total. The number of aliphatic carboxylic acids is 1. The number of hydrogen-bond donors (Lipinski definition) is 8. The van der Waals surface area contributed by atoms with Crippen LogP contribution in [0.5, 0.6) is 0 Å². The largest absolute Gasteiger partial charge is 0.480 e. The molecule has 0 aliphatic rings. The number of carbonyl (C=O) groups excluding carboxylic acids is 3. The Morgan fingerprint density at radius 1 is 0.745 bits per heavy atom. The molecule has 5 rings (SSSR count). The van der Waals surface area contributed by atoms with Crippen LogP contribution in [0.2, 0.25) is 0 Å². The minimum atomic E-state index is -1.28. The molecule has 2 aromatic carbocycles. The van der Waals surface area contributed by atoms with Crippen molar-refractivity contribution in [2.24, 2.45) is 11.7 Å². The van der Waals surface area contributed by atoms with E-state index in [2.05, 4.69) is 35.9 Å². The van der Waals surface area contributed by atoms with Crippen LogP contribution in [0, 0.1) is 5.92 Å². The number of amides is 3. The van der Waals surface area contributed by atoms with Gasteiger partial charge in [-0.2, -0.15) is 0 Å². The number of benzene rings is 2. The van der Waals surface area contributed by atoms with Crippen LogP contribution in [-0.2, 0) is 38.4 Å². The molecule has 0 saturated heterocycles. The Morgan fingerprint density at radius 3 is 1.79 bits per heavy atom. The van der Waals surface area contributed by atoms with Gasteiger partial charge in [0.25, 0.3) is 0 Å². The number of nitrogens with one attached hydrogen (secondary N) is 6. The van der Waals surface area contributed by atoms with Crippen molar-refractivity contribution < 1.29 is 24.3 Å². The molecule has 3 heterocycles. The predicted octanol–water partition coefficient (Wildman–Crippen LogP) is 2.31. The van der Waals surface area contributed by atoms with E-state index in [1.807, 2.05) is 62.4 Å². The summed E-state index contributed by atoms with van der Waals surface area (Å²) in [4.78, 5) is 66.4. The van der Waals surface area contributed by atoms with Crippen LogP contribution in [0.4, 0.5) is 0 Å². The summed E-state index contributed by atoms with van der Waals surface area (Å²) >= 11 is 0. The molecular formula is C34H40N8O5. The van der Waals surface area contributed by atoms with Gasteiger partial charge in [0.05, 0.1) is 12.4 Å². The number of H-pyrrole nitrogens is 3. The van der Waals surface area contributed by atoms with Crippen molar-refractivity contribution in [3.05, 3.63) is 90.3 Å². The number of rotatable bonds is 15. The van der Waals surface area contributed by atoms with Gasteiger partial charge in [0, 0.05) is 65.4 Å². The van der Waals surface area contributed by atoms with Crippen molar-refractivity contribution in [3.63, 3.8) is 0 Å². The molecular weight excluding hydrogens is 600 g/mol. The second kappa shape index (κ2) is 14.8. The molecule has 3 amide bonds. The van der Waals surface area contributed by atoms with Gasteiger partial charge in [0.1, 0.15) is 18.1 Å². The van der Waals surface area contributed by atoms with E-state index in [-0.39, 0.29) is 25.2 Å². The van der Waals surface area contributed by atoms with Crippen molar-refractivity contribution in [1.29, 1.82) is 0 Å². The Bertz CT molecular complexity index is 1840. The van der Waals surface area contributed by atoms with Gasteiger partial charge in [0.15, 0.2) is 0 Å². The number of nitrogens with zero attached hydrogens (tertiary/aromatic N) is 1. The van der Waals surface area contributed by atoms with Gasteiger partial charge < -0.3 is 41.7 Å². The van der Waals surface area contributed by atoms with E-state index in [1.165, 1.54) is 6.33 Å². The highest BCUT2D eigenvalue weighted by molar-refractivity contribution is 5.95. The minimum absolute atomic E-state index is 0.0189. The van der Waals surface area contributed by atoms with Crippen LogP contribution in [0.15, 0.2) is 73.4 Å². The first-order chi connectivity index (χ1) is 22.6. The standard InChI is InChI=1S/C34H40N8O5/c1-19(2)11-25(35)31(43)40-29(14-22-17-36-18-39-22)33(45)41-28(12-20-15-37-26-9-5-3-7-23(20)26)32(44)42-30(34(46)47)13-21-16-38-27-10-6-4-8-24(21)27/h3-10,15-19,25,28-30,37-38H,11-14,35H2,1-2H3,(H,36,39)(H,40,43)(H,41,45)(H,42,44)(H,46,47). The number of carbonyl (C=O) groups is 4. The van der Waals surface area contributed by atoms with E-state index in [9.17, 15) is 24.3 Å². The number of aromatic amines is 3. The Balaban J connectivity index is 1.40. The maximum Gasteiger partial charge on any atom is 0.326 e. The second-order valence-electron chi connectivity index (χ2n) is 12.2. The lowest BCUT2D eigenvalue weighted by molar-refractivity contribution is -0.142. The fourth-order valence-corrected chi connectivity index (χ4v) is 5.71. The number of aromatic nitrogens is 4. The van der Waals surface area contributed by atoms with Gasteiger partial charge in [0.2, 0.25) is 17.7 Å². The van der Waals surface area contributed by atoms with Gasteiger partial charge in [-0.25, -0.2) is 9.78 Å². The van der Waals surface area contributed by atoms with E-state index >= 15 is 0 Å². The maximum absolute atomic E-state index is 13.9. The topological polar surface area (TPSA) is 211 Å². The molecule has 0 aliphatic heterocycles. The summed E-state index contributed by atoms with van der Waals surface area (Å²) in [5, 5.41) is 20.0. The predicted molar refractivity (Wildman–Crippen MR) is 177 cm³/mol. The third kappa shape index (κ3) is 8.24. The lowest BCUT2D eigenvalue weighted by atomic mass is 10.0. The molecule has 4 unspecified atom stereocenters. The Labute approximate surface area is 271 Å². The van der Waals surface area contributed by atoms with Crippen LogP contribution in [0.1, 0.15) is 37.1 Å². The zero-order chi connectivity index (χ0) is 33.5. The zero-order valence-electron chi connectivity index (χ0n) is 26.2. The first-order valence-corrected chi connectivity index (χ1v) is 15.6. The molecule has 0 radical (unpaired) electrons. The summed E-state index contributed by atoms with van der Waals surface area (Å²) in [6.07, 6.45) is 7.04. The summed E-state index contributed by atoms with van der Waals surface area (Å²) < 4.78 is 0. The molecule has 5 aromatic rings. The van der Waals surface area contributed by atoms with Crippen molar-refractivity contribution in [2.75, 3.05) is 0 Å². The van der Waals surface area contributed by atoms with E-state index in [0.717, 1.165) is 32.9 Å². The van der Waals surface area contributed by atoms with Crippen molar-refractivity contribution in [2.45, 2.75) is 63.7 Å². The lowest BCUT2D eigenvalue weighted by Crippen LogP contribution is -2.58. The molecule has 13 heteroatoms. The quantitative estimate of drug-likeness (QED) is 0.0855. The summed E-state index contributed by atoms with van der Waals surface area (Å²) in [5.74, 6) is -2.87. The lowest BCUT2D eigenvalue weighted by Gasteiger charge is -2.25. The highest BCUT2D eigenvalue weighted by Gasteiger charge is 2.32. The monoisotopic (exact) mass is 640 g/mol. The molecule has 4 atom stereocenters. The van der Waals surface area contributed by atoms with Crippen LogP contribution in [0.3, 0.4) is 0 Å². The smallest absolute Gasteiger partial charge is 0.326 e. The SMILES string of the molecule is CC(C)CC(N)C(=O)NC(Cc1cnc[nH]1)C(=O)NC(Cc1c[nH]c2ccccc12)C(=O)NC(Cc1c[nH]c2ccccc12)C(=O)O. The number of imidazole rings is 1.